The molecule has 0 radical (unpaired) electrons. The Hall–Kier alpha value is -5.05. The Kier molecular flexibility index (Phi) is 15.4. The van der Waals surface area contributed by atoms with Crippen molar-refractivity contribution in [2.45, 2.75) is 104 Å². The van der Waals surface area contributed by atoms with Crippen LogP contribution in [-0.2, 0) is 20.9 Å². The standard InChI is InChI=1S/C23H31N3O5.C17H15ClN4S.C2H4O/c24-14-7-5-3-1-2-4-6-8-15-31-18-11-9-10-16-20(18)23(30)26(22(16)29)17-12-13-19(27)25-21(17)28;1-9-10(2)23-17-15(9)16(12-4-6-13(18)7-5-12)19-8-14-21-20-11(3)22(14)17;1-2-3/h9-11,17H,1-8,12-15,24H2,(H,25,27,28);4-7H,8H2,1-3H3;2H,1H3. The molecule has 0 aliphatic carbocycles. The van der Waals surface area contributed by atoms with Crippen molar-refractivity contribution in [3.63, 3.8) is 0 Å². The van der Waals surface area contributed by atoms with Crippen molar-refractivity contribution in [3.05, 3.63) is 91.8 Å². The van der Waals surface area contributed by atoms with Crippen LogP contribution in [0.2, 0.25) is 5.02 Å². The third-order valence-electron chi connectivity index (χ3n) is 9.98. The maximum Gasteiger partial charge on any atom is 0.266 e. The number of aliphatic imine (C=N–C) groups is 1. The van der Waals surface area contributed by atoms with Gasteiger partial charge in [0.25, 0.3) is 11.8 Å². The third kappa shape index (κ3) is 10.1. The van der Waals surface area contributed by atoms with E-state index in [1.165, 1.54) is 48.6 Å². The molecule has 13 nitrogen and oxygen atoms in total. The smallest absolute Gasteiger partial charge is 0.266 e. The quantitative estimate of drug-likeness (QED) is 0.0816. The number of hydrogen-bond donors (Lipinski definition) is 2. The molecule has 1 fully saturated rings. The topological polar surface area (TPSA) is 179 Å². The lowest BCUT2D eigenvalue weighted by Gasteiger charge is -2.27. The highest BCUT2D eigenvalue weighted by Crippen LogP contribution is 2.37. The van der Waals surface area contributed by atoms with Crippen LogP contribution < -0.4 is 15.8 Å². The maximum absolute atomic E-state index is 13.0. The zero-order valence-electron chi connectivity index (χ0n) is 32.9. The second kappa shape index (κ2) is 20.4. The van der Waals surface area contributed by atoms with Gasteiger partial charge in [0, 0.05) is 27.4 Å². The number of fused-ring (bicyclic) bond motifs is 4. The molecule has 5 heterocycles. The number of ether oxygens (including phenoxy) is 1. The molecule has 0 spiro atoms. The SMILES string of the molecule is CC=O.Cc1sc2c(c1C)C(c1ccc(Cl)cc1)=NCc1nnc(C)n1-2.NCCCCCCCCCCOc1cccc2c1C(=O)N(C1CCC(=O)NC1=O)C2=O. The summed E-state index contributed by atoms with van der Waals surface area (Å²) < 4.78 is 7.97. The van der Waals surface area contributed by atoms with Crippen molar-refractivity contribution in [3.8, 4) is 10.8 Å². The first kappa shape index (κ1) is 43.1. The average molecular weight is 816 g/mol. The number of imide groups is 2. The van der Waals surface area contributed by atoms with E-state index in [0.29, 0.717) is 18.9 Å². The number of nitrogens with one attached hydrogen (secondary N) is 1. The summed E-state index contributed by atoms with van der Waals surface area (Å²) in [5.74, 6) is 0.0855. The van der Waals surface area contributed by atoms with Gasteiger partial charge < -0.3 is 15.3 Å². The van der Waals surface area contributed by atoms with E-state index in [4.69, 9.17) is 31.9 Å². The maximum atomic E-state index is 13.0. The molecule has 1 unspecified atom stereocenters. The third-order valence-corrected chi connectivity index (χ3v) is 11.4. The molecule has 0 bridgehead atoms. The van der Waals surface area contributed by atoms with Gasteiger partial charge in [-0.05, 0) is 83.3 Å². The van der Waals surface area contributed by atoms with Gasteiger partial charge in [-0.3, -0.25) is 39.0 Å². The lowest BCUT2D eigenvalue weighted by atomic mass is 10.00. The predicted molar refractivity (Wildman–Crippen MR) is 221 cm³/mol. The first-order valence-corrected chi connectivity index (χ1v) is 20.6. The Morgan fingerprint density at radius 3 is 2.25 bits per heavy atom. The van der Waals surface area contributed by atoms with E-state index in [1.807, 2.05) is 31.2 Å². The summed E-state index contributed by atoms with van der Waals surface area (Å²) in [6, 6.07) is 11.8. The molecular weight excluding hydrogens is 766 g/mol. The monoisotopic (exact) mass is 815 g/mol. The molecule has 57 heavy (non-hydrogen) atoms. The number of rotatable bonds is 13. The van der Waals surface area contributed by atoms with Crippen molar-refractivity contribution in [2.75, 3.05) is 13.2 Å². The molecule has 302 valence electrons. The van der Waals surface area contributed by atoms with Crippen LogP contribution in [0.3, 0.4) is 0 Å². The summed E-state index contributed by atoms with van der Waals surface area (Å²) in [6.07, 6.45) is 9.96. The summed E-state index contributed by atoms with van der Waals surface area (Å²) in [5.41, 5.74) is 10.5. The van der Waals surface area contributed by atoms with E-state index in [1.54, 1.807) is 29.5 Å². The molecule has 1 atom stereocenters. The van der Waals surface area contributed by atoms with Crippen molar-refractivity contribution in [2.24, 2.45) is 10.7 Å². The van der Waals surface area contributed by atoms with E-state index >= 15 is 0 Å². The first-order chi connectivity index (χ1) is 27.5. The molecule has 2 aromatic heterocycles. The first-order valence-electron chi connectivity index (χ1n) is 19.4. The van der Waals surface area contributed by atoms with Crippen molar-refractivity contribution in [1.82, 2.24) is 25.0 Å². The highest BCUT2D eigenvalue weighted by Gasteiger charge is 2.46. The fourth-order valence-electron chi connectivity index (χ4n) is 6.98. The minimum atomic E-state index is -0.970. The van der Waals surface area contributed by atoms with Gasteiger partial charge in [0.2, 0.25) is 11.8 Å². The van der Waals surface area contributed by atoms with Crippen LogP contribution in [0.4, 0.5) is 0 Å². The summed E-state index contributed by atoms with van der Waals surface area (Å²) in [5, 5.41) is 12.6. The normalized spacial score (nSPS) is 15.6. The number of aryl methyl sites for hydroxylation is 2. The van der Waals surface area contributed by atoms with Crippen molar-refractivity contribution in [1.29, 1.82) is 0 Å². The van der Waals surface area contributed by atoms with Gasteiger partial charge in [-0.1, -0.05) is 68.3 Å². The molecular formula is C42H50ClN7O6S. The van der Waals surface area contributed by atoms with E-state index in [-0.39, 0.29) is 24.0 Å². The van der Waals surface area contributed by atoms with E-state index in [9.17, 15) is 19.2 Å². The van der Waals surface area contributed by atoms with Gasteiger partial charge in [-0.25, -0.2) is 0 Å². The Labute approximate surface area is 342 Å². The number of halogens is 1. The molecule has 3 aliphatic heterocycles. The fraction of sp³-hybridized carbons (Fsp3) is 0.429. The number of nitrogens with zero attached hydrogens (tertiary/aromatic N) is 5. The number of unbranched alkanes of at least 4 members (excludes halogenated alkanes) is 7. The highest BCUT2D eigenvalue weighted by molar-refractivity contribution is 7.15. The largest absolute Gasteiger partial charge is 0.493 e. The van der Waals surface area contributed by atoms with Gasteiger partial charge in [-0.15, -0.1) is 21.5 Å². The van der Waals surface area contributed by atoms with Crippen LogP contribution in [0.15, 0.2) is 47.5 Å². The summed E-state index contributed by atoms with van der Waals surface area (Å²) in [7, 11) is 0. The second-order valence-electron chi connectivity index (χ2n) is 14.0. The Balaban J connectivity index is 0.000000211. The minimum absolute atomic E-state index is 0.0974. The van der Waals surface area contributed by atoms with Gasteiger partial charge in [0.15, 0.2) is 5.82 Å². The van der Waals surface area contributed by atoms with Crippen molar-refractivity contribution >= 4 is 58.6 Å². The number of benzene rings is 2. The number of aldehydes is 1. The van der Waals surface area contributed by atoms with Crippen LogP contribution in [-0.4, -0.2) is 74.5 Å². The molecule has 15 heteroatoms. The van der Waals surface area contributed by atoms with Crippen molar-refractivity contribution < 1.29 is 28.7 Å². The van der Waals surface area contributed by atoms with Gasteiger partial charge >= 0.3 is 0 Å². The molecule has 2 aromatic carbocycles. The number of carbonyl (C=O) groups excluding carboxylic acids is 5. The minimum Gasteiger partial charge on any atom is -0.493 e. The molecule has 4 amide bonds. The van der Waals surface area contributed by atoms with Crippen LogP contribution in [0.5, 0.6) is 5.75 Å². The van der Waals surface area contributed by atoms with E-state index in [2.05, 4.69) is 33.9 Å². The van der Waals surface area contributed by atoms with Gasteiger partial charge in [0.1, 0.15) is 35.4 Å². The number of carbonyl (C=O) groups is 5. The predicted octanol–water partition coefficient (Wildman–Crippen LogP) is 7.01. The number of hydrogen-bond acceptors (Lipinski definition) is 11. The molecule has 0 saturated carbocycles. The van der Waals surface area contributed by atoms with E-state index < -0.39 is 29.7 Å². The summed E-state index contributed by atoms with van der Waals surface area (Å²) in [4.78, 5) is 65.3. The number of thiophene rings is 1. The Morgan fingerprint density at radius 2 is 1.58 bits per heavy atom. The van der Waals surface area contributed by atoms with Crippen LogP contribution in [0.1, 0.15) is 125 Å². The highest BCUT2D eigenvalue weighted by atomic mass is 35.5. The van der Waals surface area contributed by atoms with Gasteiger partial charge in [0.05, 0.1) is 23.4 Å². The number of aromatic nitrogens is 3. The molecule has 7 rings (SSSR count). The zero-order valence-corrected chi connectivity index (χ0v) is 34.5. The lowest BCUT2D eigenvalue weighted by Crippen LogP contribution is -2.54. The summed E-state index contributed by atoms with van der Waals surface area (Å²) in [6.45, 7) is 9.48. The second-order valence-corrected chi connectivity index (χ2v) is 15.6. The van der Waals surface area contributed by atoms with Crippen LogP contribution >= 0.6 is 22.9 Å². The molecule has 4 aromatic rings. The molecule has 3 aliphatic rings. The Morgan fingerprint density at radius 1 is 0.912 bits per heavy atom. The number of piperidine rings is 1. The molecule has 1 saturated heterocycles. The van der Waals surface area contributed by atoms with Crippen LogP contribution in [0.25, 0.3) is 5.00 Å². The Bertz CT molecular complexity index is 2130. The number of nitrogens with two attached hydrogens (primary N) is 1. The zero-order chi connectivity index (χ0) is 41.1. The fourth-order valence-corrected chi connectivity index (χ4v) is 8.34. The van der Waals surface area contributed by atoms with Crippen LogP contribution in [0, 0.1) is 20.8 Å². The summed E-state index contributed by atoms with van der Waals surface area (Å²) >= 11 is 7.80. The van der Waals surface area contributed by atoms with E-state index in [0.717, 1.165) is 76.4 Å². The number of amides is 4. The average Bonchev–Trinajstić information content (AvgIpc) is 3.74. The molecule has 3 N–H and O–H groups in total. The lowest BCUT2D eigenvalue weighted by molar-refractivity contribution is -0.136. The van der Waals surface area contributed by atoms with Gasteiger partial charge in [-0.2, -0.15) is 0 Å².